The first kappa shape index (κ1) is 14.9. The van der Waals surface area contributed by atoms with Gasteiger partial charge < -0.3 is 9.64 Å². The fourth-order valence-corrected chi connectivity index (χ4v) is 2.70. The number of aromatic nitrogens is 5. The number of para-hydroxylation sites is 2. The average molecular weight is 332 g/mol. The van der Waals surface area contributed by atoms with E-state index in [-0.39, 0.29) is 11.8 Å². The number of rotatable bonds is 3. The number of ether oxygens (including phenoxy) is 1. The lowest BCUT2D eigenvalue weighted by Crippen LogP contribution is -2.37. The van der Waals surface area contributed by atoms with Gasteiger partial charge in [-0.05, 0) is 12.1 Å². The zero-order chi connectivity index (χ0) is 16.5. The van der Waals surface area contributed by atoms with E-state index < -0.39 is 6.43 Å². The summed E-state index contributed by atoms with van der Waals surface area (Å²) in [6, 6.07) is 6.91. The molecule has 0 amide bonds. The van der Waals surface area contributed by atoms with Crippen molar-refractivity contribution < 1.29 is 13.5 Å². The van der Waals surface area contributed by atoms with Crippen LogP contribution >= 0.6 is 0 Å². The van der Waals surface area contributed by atoms with Crippen molar-refractivity contribution in [3.63, 3.8) is 0 Å². The molecule has 1 fully saturated rings. The van der Waals surface area contributed by atoms with Gasteiger partial charge >= 0.3 is 0 Å². The van der Waals surface area contributed by atoms with E-state index in [1.54, 1.807) is 24.3 Å². The summed E-state index contributed by atoms with van der Waals surface area (Å²) in [7, 11) is 0. The van der Waals surface area contributed by atoms with Crippen molar-refractivity contribution in [3.8, 4) is 5.95 Å². The Morgan fingerprint density at radius 1 is 1.00 bits per heavy atom. The molecule has 0 unspecified atom stereocenters. The minimum Gasteiger partial charge on any atom is -0.378 e. The largest absolute Gasteiger partial charge is 0.378 e. The minimum absolute atomic E-state index is 0.135. The van der Waals surface area contributed by atoms with Gasteiger partial charge in [0.1, 0.15) is 6.33 Å². The summed E-state index contributed by atoms with van der Waals surface area (Å²) in [6.07, 6.45) is -1.40. The fraction of sp³-hybridized carbons (Fsp3) is 0.333. The maximum Gasteiger partial charge on any atom is 0.296 e. The van der Waals surface area contributed by atoms with Crippen LogP contribution in [-0.2, 0) is 4.74 Å². The lowest BCUT2D eigenvalue weighted by Gasteiger charge is -2.26. The Morgan fingerprint density at radius 2 is 1.75 bits per heavy atom. The molecule has 0 saturated carbocycles. The van der Waals surface area contributed by atoms with Gasteiger partial charge in [0.05, 0.1) is 24.2 Å². The molecule has 3 heterocycles. The molecule has 1 saturated heterocycles. The monoisotopic (exact) mass is 332 g/mol. The summed E-state index contributed by atoms with van der Waals surface area (Å²) < 4.78 is 33.4. The Bertz CT molecular complexity index is 862. The maximum absolute atomic E-state index is 13.4. The molecule has 2 aromatic heterocycles. The van der Waals surface area contributed by atoms with E-state index >= 15 is 0 Å². The van der Waals surface area contributed by atoms with E-state index in [2.05, 4.69) is 19.9 Å². The van der Waals surface area contributed by atoms with Crippen LogP contribution in [0.5, 0.6) is 0 Å². The van der Waals surface area contributed by atoms with Gasteiger partial charge in [-0.1, -0.05) is 12.1 Å². The van der Waals surface area contributed by atoms with Gasteiger partial charge in [0.25, 0.3) is 6.43 Å². The third-order valence-corrected chi connectivity index (χ3v) is 3.82. The van der Waals surface area contributed by atoms with Gasteiger partial charge in [-0.3, -0.25) is 4.57 Å². The molecular weight excluding hydrogens is 318 g/mol. The lowest BCUT2D eigenvalue weighted by atomic mass is 10.3. The summed E-state index contributed by atoms with van der Waals surface area (Å²) in [4.78, 5) is 18.6. The predicted octanol–water partition coefficient (Wildman–Crippen LogP) is 1.98. The normalized spacial score (nSPS) is 15.4. The third-order valence-electron chi connectivity index (χ3n) is 3.82. The lowest BCUT2D eigenvalue weighted by molar-refractivity contribution is 0.122. The van der Waals surface area contributed by atoms with Crippen molar-refractivity contribution in [1.82, 2.24) is 24.5 Å². The zero-order valence-electron chi connectivity index (χ0n) is 12.6. The van der Waals surface area contributed by atoms with Crippen molar-refractivity contribution in [2.45, 2.75) is 6.43 Å². The van der Waals surface area contributed by atoms with Crippen LogP contribution in [0.4, 0.5) is 14.7 Å². The van der Waals surface area contributed by atoms with E-state index in [1.165, 1.54) is 10.9 Å². The summed E-state index contributed by atoms with van der Waals surface area (Å²) in [5, 5.41) is 0. The predicted molar refractivity (Wildman–Crippen MR) is 82.4 cm³/mol. The molecule has 9 heteroatoms. The zero-order valence-corrected chi connectivity index (χ0v) is 12.6. The molecule has 0 bridgehead atoms. The number of alkyl halides is 2. The molecule has 0 N–H and O–H groups in total. The van der Waals surface area contributed by atoms with Gasteiger partial charge in [-0.25, -0.2) is 23.7 Å². The van der Waals surface area contributed by atoms with Gasteiger partial charge in [0.2, 0.25) is 11.9 Å². The number of benzene rings is 1. The van der Waals surface area contributed by atoms with Crippen molar-refractivity contribution in [3.05, 3.63) is 36.4 Å². The molecule has 0 radical (unpaired) electrons. The van der Waals surface area contributed by atoms with Crippen molar-refractivity contribution in [2.75, 3.05) is 31.2 Å². The van der Waals surface area contributed by atoms with Gasteiger partial charge in [-0.15, -0.1) is 0 Å². The van der Waals surface area contributed by atoms with Crippen LogP contribution in [0.25, 0.3) is 17.0 Å². The first-order valence-electron chi connectivity index (χ1n) is 7.51. The molecule has 4 rings (SSSR count). The van der Waals surface area contributed by atoms with Crippen molar-refractivity contribution in [1.29, 1.82) is 0 Å². The Morgan fingerprint density at radius 3 is 2.54 bits per heavy atom. The summed E-state index contributed by atoms with van der Waals surface area (Å²) in [5.41, 5.74) is 1.01. The minimum atomic E-state index is -2.74. The second kappa shape index (κ2) is 6.08. The first-order chi connectivity index (χ1) is 11.7. The van der Waals surface area contributed by atoms with Crippen molar-refractivity contribution >= 4 is 17.0 Å². The number of hydrogen-bond donors (Lipinski definition) is 0. The number of anilines is 1. The second-order valence-electron chi connectivity index (χ2n) is 5.28. The SMILES string of the molecule is FC(F)c1nc2ccccc2n1-c1ncnc(N2CCOCC2)n1. The topological polar surface area (TPSA) is 69.0 Å². The summed E-state index contributed by atoms with van der Waals surface area (Å²) in [6.45, 7) is 2.46. The van der Waals surface area contributed by atoms with Crippen LogP contribution in [0.3, 0.4) is 0 Å². The quantitative estimate of drug-likeness (QED) is 0.730. The molecule has 0 atom stereocenters. The van der Waals surface area contributed by atoms with E-state index in [9.17, 15) is 8.78 Å². The van der Waals surface area contributed by atoms with Crippen LogP contribution < -0.4 is 4.90 Å². The molecular formula is C15H14F2N6O. The number of imidazole rings is 1. The molecule has 24 heavy (non-hydrogen) atoms. The Hall–Kier alpha value is -2.68. The highest BCUT2D eigenvalue weighted by Crippen LogP contribution is 2.26. The van der Waals surface area contributed by atoms with Gasteiger partial charge in [-0.2, -0.15) is 4.98 Å². The van der Waals surface area contributed by atoms with Gasteiger partial charge in [0.15, 0.2) is 5.82 Å². The molecule has 7 nitrogen and oxygen atoms in total. The van der Waals surface area contributed by atoms with E-state index in [4.69, 9.17) is 4.74 Å². The smallest absolute Gasteiger partial charge is 0.296 e. The van der Waals surface area contributed by atoms with Crippen LogP contribution in [0, 0.1) is 0 Å². The van der Waals surface area contributed by atoms with Crippen LogP contribution in [0.15, 0.2) is 30.6 Å². The van der Waals surface area contributed by atoms with E-state index in [0.29, 0.717) is 43.3 Å². The molecule has 0 spiro atoms. The molecule has 0 aliphatic carbocycles. The number of hydrogen-bond acceptors (Lipinski definition) is 6. The Labute approximate surface area is 135 Å². The number of fused-ring (bicyclic) bond motifs is 1. The highest BCUT2D eigenvalue weighted by Gasteiger charge is 2.22. The average Bonchev–Trinajstić information content (AvgIpc) is 3.02. The van der Waals surface area contributed by atoms with Crippen LogP contribution in [-0.4, -0.2) is 50.8 Å². The van der Waals surface area contributed by atoms with Gasteiger partial charge in [0, 0.05) is 13.1 Å². The number of morpholine rings is 1. The molecule has 1 aliphatic heterocycles. The molecule has 3 aromatic rings. The highest BCUT2D eigenvalue weighted by molar-refractivity contribution is 5.77. The first-order valence-corrected chi connectivity index (χ1v) is 7.51. The second-order valence-corrected chi connectivity index (χ2v) is 5.28. The highest BCUT2D eigenvalue weighted by atomic mass is 19.3. The summed E-state index contributed by atoms with van der Waals surface area (Å²) >= 11 is 0. The van der Waals surface area contributed by atoms with E-state index in [1.807, 2.05) is 4.90 Å². The maximum atomic E-state index is 13.4. The third kappa shape index (κ3) is 2.56. The Balaban J connectivity index is 1.83. The van der Waals surface area contributed by atoms with Crippen molar-refractivity contribution in [2.24, 2.45) is 0 Å². The molecule has 124 valence electrons. The number of halogens is 2. The standard InChI is InChI=1S/C15H14F2N6O/c16-12(17)13-20-10-3-1-2-4-11(10)23(13)15-19-9-18-14(21-15)22-5-7-24-8-6-22/h1-4,9,12H,5-8H2. The summed E-state index contributed by atoms with van der Waals surface area (Å²) in [5.74, 6) is 0.201. The Kier molecular flexibility index (Phi) is 3.77. The molecule has 1 aromatic carbocycles. The number of nitrogens with zero attached hydrogens (tertiary/aromatic N) is 6. The van der Waals surface area contributed by atoms with Crippen LogP contribution in [0.1, 0.15) is 12.2 Å². The van der Waals surface area contributed by atoms with Crippen LogP contribution in [0.2, 0.25) is 0 Å². The van der Waals surface area contributed by atoms with E-state index in [0.717, 1.165) is 0 Å². The molecule has 1 aliphatic rings. The fourth-order valence-electron chi connectivity index (χ4n) is 2.70.